The zero-order valence-electron chi connectivity index (χ0n) is 34.5. The van der Waals surface area contributed by atoms with Crippen LogP contribution in [-0.4, -0.2) is 19.3 Å². The number of hydrogen-bond donors (Lipinski definition) is 0. The van der Waals surface area contributed by atoms with Gasteiger partial charge in [0.2, 0.25) is 0 Å². The lowest BCUT2D eigenvalue weighted by molar-refractivity contribution is 0.0399. The van der Waals surface area contributed by atoms with Gasteiger partial charge in [0, 0.05) is 18.3 Å². The third-order valence-corrected chi connectivity index (χ3v) is 15.4. The van der Waals surface area contributed by atoms with E-state index in [4.69, 9.17) is 9.47 Å². The summed E-state index contributed by atoms with van der Waals surface area (Å²) in [5, 5.41) is 0. The van der Waals surface area contributed by atoms with Crippen molar-refractivity contribution in [1.82, 2.24) is 0 Å². The van der Waals surface area contributed by atoms with Crippen molar-refractivity contribution in [2.24, 2.45) is 59.2 Å². The second-order valence-electron chi connectivity index (χ2n) is 19.1. The molecule has 0 aromatic rings. The Morgan fingerprint density at radius 3 is 1.14 bits per heavy atom. The summed E-state index contributed by atoms with van der Waals surface area (Å²) in [7, 11) is 1.87. The van der Waals surface area contributed by atoms with Crippen molar-refractivity contribution in [3.8, 4) is 12.0 Å². The summed E-state index contributed by atoms with van der Waals surface area (Å²) in [5.41, 5.74) is 0. The van der Waals surface area contributed by atoms with Gasteiger partial charge >= 0.3 is 0 Å². The fraction of sp³-hybridized carbons (Fsp3) is 0.958. The van der Waals surface area contributed by atoms with Crippen LogP contribution in [0.5, 0.6) is 0 Å². The maximum atomic E-state index is 5.52. The molecule has 0 aromatic heterocycles. The smallest absolute Gasteiger partial charge is 0.111 e. The number of unbranched alkanes of at least 4 members (excludes halogenated alkanes) is 2. The maximum Gasteiger partial charge on any atom is 0.111 e. The van der Waals surface area contributed by atoms with E-state index in [9.17, 15) is 0 Å². The molecule has 296 valence electrons. The van der Waals surface area contributed by atoms with Crippen molar-refractivity contribution in [3.05, 3.63) is 0 Å². The van der Waals surface area contributed by atoms with Gasteiger partial charge in [0.25, 0.3) is 0 Å². The van der Waals surface area contributed by atoms with E-state index in [1.807, 2.05) is 14.0 Å². The van der Waals surface area contributed by atoms with Gasteiger partial charge in [-0.25, -0.2) is 0 Å². The van der Waals surface area contributed by atoms with Crippen LogP contribution in [0.15, 0.2) is 0 Å². The van der Waals surface area contributed by atoms with Gasteiger partial charge in [0.1, 0.15) is 12.2 Å². The first-order valence-corrected chi connectivity index (χ1v) is 23.0. The lowest BCUT2D eigenvalue weighted by Crippen LogP contribution is -2.27. The van der Waals surface area contributed by atoms with E-state index in [0.29, 0.717) is 12.2 Å². The Labute approximate surface area is 318 Å². The molecule has 0 saturated heterocycles. The molecular formula is C48H92O2. The third-order valence-electron chi connectivity index (χ3n) is 15.4. The van der Waals surface area contributed by atoms with Gasteiger partial charge in [-0.05, 0) is 162 Å². The van der Waals surface area contributed by atoms with Crippen LogP contribution in [0.25, 0.3) is 0 Å². The van der Waals surface area contributed by atoms with Gasteiger partial charge in [-0.1, -0.05) is 111 Å². The van der Waals surface area contributed by atoms with E-state index < -0.39 is 0 Å². The first kappa shape index (κ1) is 42.1. The molecule has 2 nitrogen and oxygen atoms in total. The molecular weight excluding hydrogens is 609 g/mol. The predicted molar refractivity (Wildman–Crippen MR) is 222 cm³/mol. The van der Waals surface area contributed by atoms with Crippen LogP contribution < -0.4 is 0 Å². The van der Waals surface area contributed by atoms with E-state index in [0.717, 1.165) is 59.2 Å². The first-order valence-electron chi connectivity index (χ1n) is 23.0. The molecule has 0 spiro atoms. The first-order chi connectivity index (χ1) is 24.4. The van der Waals surface area contributed by atoms with Gasteiger partial charge in [0.15, 0.2) is 0 Å². The SMILES string of the molecule is CC#COC1CCC(C2CCC(C)CC2)CC1.CCCCCC1CCC(C2CCC(C)CC2)CC1.COC1CCC(C2CCC(C)CC2)CC1.[HH].[HH].[HH]. The van der Waals surface area contributed by atoms with E-state index in [-0.39, 0.29) is 4.28 Å². The van der Waals surface area contributed by atoms with E-state index in [1.165, 1.54) is 141 Å². The van der Waals surface area contributed by atoms with Gasteiger partial charge in [-0.15, -0.1) is 0 Å². The average Bonchev–Trinajstić information content (AvgIpc) is 3.16. The molecule has 6 saturated carbocycles. The standard InChI is InChI=1S/C18H34.C16H26O.C14H26O.3H2/c1-3-4-5-6-16-9-13-18(14-10-16)17-11-7-15(2)8-12-17;1-3-12-17-16-10-8-15(9-11-16)14-6-4-13(2)5-7-14;1-11-3-5-12(6-4-11)13-7-9-14(15-2)10-8-13;;;/h15-18H,3-14H2,1-2H3;13-16H,4-11H2,1-2H3;11-14H,3-10H2,1-2H3;3*1H. The van der Waals surface area contributed by atoms with Gasteiger partial charge < -0.3 is 9.47 Å². The summed E-state index contributed by atoms with van der Waals surface area (Å²) < 4.78 is 11.0. The summed E-state index contributed by atoms with van der Waals surface area (Å²) in [6.45, 7) is 11.4. The summed E-state index contributed by atoms with van der Waals surface area (Å²) in [6.07, 6.45) is 44.5. The minimum atomic E-state index is 0. The highest BCUT2D eigenvalue weighted by Gasteiger charge is 2.32. The van der Waals surface area contributed by atoms with E-state index in [1.54, 1.807) is 38.5 Å². The van der Waals surface area contributed by atoms with Crippen LogP contribution in [0, 0.1) is 71.2 Å². The fourth-order valence-electron chi connectivity index (χ4n) is 11.5. The highest BCUT2D eigenvalue weighted by Crippen LogP contribution is 2.43. The number of rotatable bonds is 9. The highest BCUT2D eigenvalue weighted by molar-refractivity contribution is 4.89. The molecule has 0 unspecified atom stereocenters. The second kappa shape index (κ2) is 23.9. The normalized spacial score (nSPS) is 39.3. The Balaban J connectivity index is 0.000000388. The summed E-state index contributed by atoms with van der Waals surface area (Å²) >= 11 is 0. The van der Waals surface area contributed by atoms with Gasteiger partial charge in [-0.3, -0.25) is 0 Å². The number of methoxy groups -OCH3 is 1. The Kier molecular flexibility index (Phi) is 20.1. The van der Waals surface area contributed by atoms with Crippen LogP contribution in [0.1, 0.15) is 219 Å². The number of hydrogen-bond acceptors (Lipinski definition) is 2. The maximum absolute atomic E-state index is 5.52. The van der Waals surface area contributed by atoms with Crippen LogP contribution >= 0.6 is 0 Å². The Morgan fingerprint density at radius 2 is 0.800 bits per heavy atom. The van der Waals surface area contributed by atoms with Gasteiger partial charge in [0.05, 0.1) is 6.10 Å². The molecule has 0 heterocycles. The molecule has 6 fully saturated rings. The van der Waals surface area contributed by atoms with Crippen LogP contribution in [0.2, 0.25) is 0 Å². The van der Waals surface area contributed by atoms with Crippen molar-refractivity contribution in [2.45, 2.75) is 227 Å². The molecule has 6 aliphatic carbocycles. The van der Waals surface area contributed by atoms with E-state index >= 15 is 0 Å². The van der Waals surface area contributed by atoms with Crippen molar-refractivity contribution in [2.75, 3.05) is 7.11 Å². The van der Waals surface area contributed by atoms with E-state index in [2.05, 4.69) is 39.7 Å². The molecule has 0 radical (unpaired) electrons. The lowest BCUT2D eigenvalue weighted by Gasteiger charge is -2.37. The molecule has 0 N–H and O–H groups in total. The number of ether oxygens (including phenoxy) is 2. The largest absolute Gasteiger partial charge is 0.443 e. The zero-order valence-corrected chi connectivity index (χ0v) is 34.5. The monoisotopic (exact) mass is 701 g/mol. The Morgan fingerprint density at radius 1 is 0.460 bits per heavy atom. The molecule has 2 heteroatoms. The van der Waals surface area contributed by atoms with Crippen molar-refractivity contribution in [3.63, 3.8) is 0 Å². The molecule has 0 aromatic carbocycles. The lowest BCUT2D eigenvalue weighted by atomic mass is 9.69. The molecule has 0 amide bonds. The molecule has 0 aliphatic heterocycles. The quantitative estimate of drug-likeness (QED) is 0.176. The summed E-state index contributed by atoms with van der Waals surface area (Å²) in [5.74, 6) is 13.2. The van der Waals surface area contributed by atoms with Crippen LogP contribution in [-0.2, 0) is 9.47 Å². The third kappa shape index (κ3) is 15.0. The molecule has 0 atom stereocenters. The predicted octanol–water partition coefficient (Wildman–Crippen LogP) is 15.3. The van der Waals surface area contributed by atoms with Crippen molar-refractivity contribution >= 4 is 0 Å². The molecule has 6 rings (SSSR count). The minimum Gasteiger partial charge on any atom is -0.443 e. The van der Waals surface area contributed by atoms with Crippen molar-refractivity contribution < 1.29 is 13.8 Å². The minimum absolute atomic E-state index is 0. The van der Waals surface area contributed by atoms with Crippen LogP contribution in [0.3, 0.4) is 0 Å². The van der Waals surface area contributed by atoms with Crippen LogP contribution in [0.4, 0.5) is 0 Å². The molecule has 6 aliphatic rings. The highest BCUT2D eigenvalue weighted by atomic mass is 16.5. The van der Waals surface area contributed by atoms with Gasteiger partial charge in [-0.2, -0.15) is 0 Å². The second-order valence-corrected chi connectivity index (χ2v) is 19.1. The topological polar surface area (TPSA) is 18.5 Å². The summed E-state index contributed by atoms with van der Waals surface area (Å²) in [6, 6.07) is 0. The fourth-order valence-corrected chi connectivity index (χ4v) is 11.5. The summed E-state index contributed by atoms with van der Waals surface area (Å²) in [4.78, 5) is 0. The zero-order chi connectivity index (χ0) is 35.6. The average molecular weight is 701 g/mol. The van der Waals surface area contributed by atoms with Crippen molar-refractivity contribution in [1.29, 1.82) is 0 Å². The molecule has 50 heavy (non-hydrogen) atoms. The Bertz CT molecular complexity index is 901. The molecule has 0 bridgehead atoms. The Hall–Kier alpha value is -0.680.